The number of nitrogens with zero attached hydrogens (tertiary/aromatic N) is 1. The topological polar surface area (TPSA) is 74.2 Å². The monoisotopic (exact) mass is 331 g/mol. The minimum Gasteiger partial charge on any atom is -0.396 e. The molecule has 122 valence electrons. The van der Waals surface area contributed by atoms with Gasteiger partial charge in [-0.2, -0.15) is 0 Å². The van der Waals surface area contributed by atoms with Crippen molar-refractivity contribution in [3.63, 3.8) is 0 Å². The van der Waals surface area contributed by atoms with Crippen LogP contribution in [0.1, 0.15) is 26.2 Å². The number of hydrogen-bond donors (Lipinski definition) is 3. The highest BCUT2D eigenvalue weighted by Crippen LogP contribution is 2.37. The Morgan fingerprint density at radius 2 is 2.22 bits per heavy atom. The van der Waals surface area contributed by atoms with E-state index < -0.39 is 0 Å². The van der Waals surface area contributed by atoms with Gasteiger partial charge in [-0.25, -0.2) is 9.78 Å². The number of urea groups is 1. The summed E-state index contributed by atoms with van der Waals surface area (Å²) in [7, 11) is 0. The Morgan fingerprint density at radius 1 is 1.43 bits per heavy atom. The molecule has 1 aliphatic carbocycles. The Bertz CT molecular complexity index is 657. The van der Waals surface area contributed by atoms with Gasteiger partial charge in [0.25, 0.3) is 0 Å². The lowest BCUT2D eigenvalue weighted by molar-refractivity contribution is 0.122. The summed E-state index contributed by atoms with van der Waals surface area (Å²) >= 11 is 1.58. The van der Waals surface area contributed by atoms with Crippen LogP contribution >= 0.6 is 11.3 Å². The maximum absolute atomic E-state index is 12.2. The van der Waals surface area contributed by atoms with Crippen molar-refractivity contribution < 1.29 is 9.90 Å². The van der Waals surface area contributed by atoms with Gasteiger partial charge in [0.15, 0.2) is 0 Å². The number of benzene rings is 1. The summed E-state index contributed by atoms with van der Waals surface area (Å²) in [5.74, 6) is 0. The first-order valence-electron chi connectivity index (χ1n) is 7.79. The van der Waals surface area contributed by atoms with Gasteiger partial charge in [0.1, 0.15) is 5.01 Å². The normalized spacial score (nSPS) is 23.7. The molecule has 1 aliphatic rings. The molecule has 5 nitrogen and oxygen atoms in total. The summed E-state index contributed by atoms with van der Waals surface area (Å²) in [5, 5.41) is 18.3. The number of thiazole rings is 1. The van der Waals surface area contributed by atoms with Crippen LogP contribution in [-0.2, 0) is 0 Å². The Hall–Kier alpha value is -1.92. The molecule has 6 heteroatoms. The average molecular weight is 331 g/mol. The van der Waals surface area contributed by atoms with Gasteiger partial charge in [-0.3, -0.25) is 0 Å². The maximum atomic E-state index is 12.2. The zero-order chi connectivity index (χ0) is 16.3. The lowest BCUT2D eigenvalue weighted by Crippen LogP contribution is -2.46. The van der Waals surface area contributed by atoms with E-state index in [2.05, 4.69) is 15.6 Å². The number of aromatic nitrogens is 1. The Labute approximate surface area is 139 Å². The molecular weight excluding hydrogens is 310 g/mol. The number of hydrogen-bond acceptors (Lipinski definition) is 4. The molecule has 2 amide bonds. The number of nitrogens with one attached hydrogen (secondary N) is 2. The zero-order valence-electron chi connectivity index (χ0n) is 13.1. The predicted octanol–water partition coefficient (Wildman–Crippen LogP) is 3.48. The van der Waals surface area contributed by atoms with Gasteiger partial charge in [0.05, 0.1) is 6.61 Å². The van der Waals surface area contributed by atoms with Crippen molar-refractivity contribution >= 4 is 23.1 Å². The number of rotatable bonds is 4. The number of anilines is 1. The molecule has 0 radical (unpaired) electrons. The minimum absolute atomic E-state index is 0.0158. The second-order valence-electron chi connectivity index (χ2n) is 6.27. The van der Waals surface area contributed by atoms with Crippen LogP contribution in [0.25, 0.3) is 10.6 Å². The van der Waals surface area contributed by atoms with E-state index in [9.17, 15) is 9.90 Å². The lowest BCUT2D eigenvalue weighted by Gasteiger charge is -2.30. The highest BCUT2D eigenvalue weighted by Gasteiger charge is 2.39. The van der Waals surface area contributed by atoms with E-state index in [0.29, 0.717) is 0 Å². The molecule has 0 bridgehead atoms. The van der Waals surface area contributed by atoms with Crippen molar-refractivity contribution in [3.05, 3.63) is 35.8 Å². The number of amides is 2. The molecule has 2 aromatic rings. The van der Waals surface area contributed by atoms with Crippen LogP contribution in [0.4, 0.5) is 10.5 Å². The van der Waals surface area contributed by atoms with Crippen molar-refractivity contribution in [2.24, 2.45) is 5.41 Å². The molecule has 0 aliphatic heterocycles. The van der Waals surface area contributed by atoms with Crippen LogP contribution in [0, 0.1) is 5.41 Å². The van der Waals surface area contributed by atoms with E-state index in [0.717, 1.165) is 35.5 Å². The molecule has 1 heterocycles. The number of carbonyl (C=O) groups excluding carboxylic acids is 1. The van der Waals surface area contributed by atoms with Crippen LogP contribution < -0.4 is 10.6 Å². The third kappa shape index (κ3) is 3.54. The van der Waals surface area contributed by atoms with Crippen molar-refractivity contribution in [2.75, 3.05) is 11.9 Å². The minimum atomic E-state index is -0.224. The molecule has 1 fully saturated rings. The fraction of sp³-hybridized carbons (Fsp3) is 0.412. The van der Waals surface area contributed by atoms with Gasteiger partial charge in [-0.1, -0.05) is 13.3 Å². The predicted molar refractivity (Wildman–Crippen MR) is 92.5 cm³/mol. The second kappa shape index (κ2) is 6.68. The van der Waals surface area contributed by atoms with Gasteiger partial charge >= 0.3 is 6.03 Å². The first kappa shape index (κ1) is 16.0. The molecular formula is C17H21N3O2S. The fourth-order valence-corrected chi connectivity index (χ4v) is 3.70. The van der Waals surface area contributed by atoms with Crippen molar-refractivity contribution in [1.29, 1.82) is 0 Å². The summed E-state index contributed by atoms with van der Waals surface area (Å²) < 4.78 is 0. The molecule has 3 N–H and O–H groups in total. The first-order chi connectivity index (χ1) is 11.1. The molecule has 0 saturated heterocycles. The molecule has 1 aromatic heterocycles. The third-order valence-electron chi connectivity index (χ3n) is 4.57. The van der Waals surface area contributed by atoms with Crippen molar-refractivity contribution in [1.82, 2.24) is 10.3 Å². The quantitative estimate of drug-likeness (QED) is 0.803. The van der Waals surface area contributed by atoms with Crippen LogP contribution in [0.2, 0.25) is 0 Å². The van der Waals surface area contributed by atoms with Crippen LogP contribution in [-0.4, -0.2) is 28.8 Å². The Balaban J connectivity index is 1.60. The average Bonchev–Trinajstić information content (AvgIpc) is 3.19. The van der Waals surface area contributed by atoms with Gasteiger partial charge in [-0.15, -0.1) is 11.3 Å². The number of carbonyl (C=O) groups is 1. The van der Waals surface area contributed by atoms with Gasteiger partial charge in [0.2, 0.25) is 0 Å². The zero-order valence-corrected chi connectivity index (χ0v) is 13.9. The number of aliphatic hydroxyl groups is 1. The first-order valence-corrected chi connectivity index (χ1v) is 8.67. The van der Waals surface area contributed by atoms with E-state index in [1.807, 2.05) is 36.6 Å². The van der Waals surface area contributed by atoms with E-state index in [1.165, 1.54) is 0 Å². The largest absolute Gasteiger partial charge is 0.396 e. The summed E-state index contributed by atoms with van der Waals surface area (Å²) in [6.45, 7) is 2.12. The molecule has 2 unspecified atom stereocenters. The van der Waals surface area contributed by atoms with Gasteiger partial charge in [0, 0.05) is 34.3 Å². The lowest BCUT2D eigenvalue weighted by atomic mass is 9.86. The van der Waals surface area contributed by atoms with Crippen LogP contribution in [0.5, 0.6) is 0 Å². The highest BCUT2D eigenvalue weighted by molar-refractivity contribution is 7.13. The summed E-state index contributed by atoms with van der Waals surface area (Å²) in [6.07, 6.45) is 4.66. The van der Waals surface area contributed by atoms with Crippen LogP contribution in [0.15, 0.2) is 35.8 Å². The van der Waals surface area contributed by atoms with Crippen molar-refractivity contribution in [3.8, 4) is 10.6 Å². The van der Waals surface area contributed by atoms with E-state index in [1.54, 1.807) is 17.5 Å². The molecule has 0 spiro atoms. The molecule has 2 atom stereocenters. The Morgan fingerprint density at radius 3 is 2.87 bits per heavy atom. The van der Waals surface area contributed by atoms with E-state index in [4.69, 9.17) is 0 Å². The summed E-state index contributed by atoms with van der Waals surface area (Å²) in [4.78, 5) is 16.4. The smallest absolute Gasteiger partial charge is 0.319 e. The van der Waals surface area contributed by atoms with Gasteiger partial charge in [-0.05, 0) is 37.1 Å². The number of aliphatic hydroxyl groups excluding tert-OH is 1. The van der Waals surface area contributed by atoms with E-state index in [-0.39, 0.29) is 24.1 Å². The third-order valence-corrected chi connectivity index (χ3v) is 5.39. The molecule has 1 aromatic carbocycles. The maximum Gasteiger partial charge on any atom is 0.319 e. The summed E-state index contributed by atoms with van der Waals surface area (Å²) in [6, 6.07) is 7.43. The highest BCUT2D eigenvalue weighted by atomic mass is 32.1. The Kier molecular flexibility index (Phi) is 4.63. The second-order valence-corrected chi connectivity index (χ2v) is 7.16. The van der Waals surface area contributed by atoms with E-state index >= 15 is 0 Å². The fourth-order valence-electron chi connectivity index (χ4n) is 3.06. The SMILES string of the molecule is CC1(CO)CCCC1NC(=O)Nc1ccc(-c2nccs2)cc1. The van der Waals surface area contributed by atoms with Crippen LogP contribution in [0.3, 0.4) is 0 Å². The molecule has 3 rings (SSSR count). The standard InChI is InChI=1S/C17H21N3O2S/c1-17(11-21)8-2-3-14(17)20-16(22)19-13-6-4-12(5-7-13)15-18-9-10-23-15/h4-7,9-10,14,21H,2-3,8,11H2,1H3,(H2,19,20,22). The molecule has 1 saturated carbocycles. The van der Waals surface area contributed by atoms with Gasteiger partial charge < -0.3 is 15.7 Å². The molecule has 23 heavy (non-hydrogen) atoms. The summed E-state index contributed by atoms with van der Waals surface area (Å²) in [5.41, 5.74) is 1.56. The van der Waals surface area contributed by atoms with Crippen molar-refractivity contribution in [2.45, 2.75) is 32.2 Å².